The van der Waals surface area contributed by atoms with Gasteiger partial charge in [0.2, 0.25) is 0 Å². The van der Waals surface area contributed by atoms with Crippen molar-refractivity contribution in [3.05, 3.63) is 48.0 Å². The summed E-state index contributed by atoms with van der Waals surface area (Å²) >= 11 is 1.59. The summed E-state index contributed by atoms with van der Waals surface area (Å²) in [4.78, 5) is 16.3. The normalized spacial score (nSPS) is 13.7. The van der Waals surface area contributed by atoms with E-state index in [-0.39, 0.29) is 6.03 Å². The van der Waals surface area contributed by atoms with Crippen LogP contribution >= 0.6 is 11.3 Å². The third-order valence-corrected chi connectivity index (χ3v) is 4.64. The molecule has 2 N–H and O–H groups in total. The lowest BCUT2D eigenvalue weighted by molar-refractivity contribution is 0.251. The second-order valence-corrected chi connectivity index (χ2v) is 6.50. The molecule has 0 bridgehead atoms. The number of benzene rings is 1. The number of nitrogens with zero attached hydrogens (tertiary/aromatic N) is 4. The van der Waals surface area contributed by atoms with Gasteiger partial charge in [-0.1, -0.05) is 0 Å². The zero-order valence-corrected chi connectivity index (χ0v) is 13.7. The highest BCUT2D eigenvalue weighted by molar-refractivity contribution is 7.13. The Morgan fingerprint density at radius 3 is 2.83 bits per heavy atom. The first-order valence-electron chi connectivity index (χ1n) is 7.73. The minimum Gasteiger partial charge on any atom is -0.331 e. The molecular weight excluding hydrogens is 324 g/mol. The molecule has 1 fully saturated rings. The molecule has 2 aromatic heterocycles. The number of urea groups is 1. The molecule has 122 valence electrons. The molecular formula is C16H16N6OS. The molecule has 0 radical (unpaired) electrons. The van der Waals surface area contributed by atoms with Crippen molar-refractivity contribution in [2.45, 2.75) is 25.4 Å². The minimum absolute atomic E-state index is 0.262. The summed E-state index contributed by atoms with van der Waals surface area (Å²) in [7, 11) is 0. The van der Waals surface area contributed by atoms with E-state index in [4.69, 9.17) is 0 Å². The van der Waals surface area contributed by atoms with E-state index in [1.165, 1.54) is 0 Å². The zero-order valence-electron chi connectivity index (χ0n) is 12.8. The molecule has 0 saturated heterocycles. The minimum atomic E-state index is -0.262. The fourth-order valence-corrected chi connectivity index (χ4v) is 3.09. The zero-order chi connectivity index (χ0) is 16.4. The van der Waals surface area contributed by atoms with Crippen molar-refractivity contribution in [1.29, 1.82) is 0 Å². The molecule has 7 nitrogen and oxygen atoms in total. The van der Waals surface area contributed by atoms with Crippen molar-refractivity contribution in [3.8, 4) is 10.6 Å². The maximum atomic E-state index is 12.0. The fourth-order valence-electron chi connectivity index (χ4n) is 2.45. The monoisotopic (exact) mass is 340 g/mol. The average Bonchev–Trinajstić information content (AvgIpc) is 3.11. The number of rotatable bonds is 5. The Bertz CT molecular complexity index is 823. The van der Waals surface area contributed by atoms with Crippen LogP contribution in [0.3, 0.4) is 0 Å². The lowest BCUT2D eigenvalue weighted by Crippen LogP contribution is -2.29. The van der Waals surface area contributed by atoms with E-state index in [0.29, 0.717) is 12.6 Å². The molecule has 1 aliphatic rings. The van der Waals surface area contributed by atoms with Gasteiger partial charge in [0.25, 0.3) is 0 Å². The van der Waals surface area contributed by atoms with Crippen molar-refractivity contribution in [3.63, 3.8) is 0 Å². The van der Waals surface area contributed by atoms with E-state index in [1.807, 2.05) is 34.2 Å². The van der Waals surface area contributed by atoms with Gasteiger partial charge in [-0.2, -0.15) is 0 Å². The molecule has 0 aliphatic heterocycles. The summed E-state index contributed by atoms with van der Waals surface area (Å²) in [6.45, 7) is 0.361. The van der Waals surface area contributed by atoms with E-state index in [9.17, 15) is 4.79 Å². The number of amides is 2. The predicted octanol–water partition coefficient (Wildman–Crippen LogP) is 3.06. The number of carbonyl (C=O) groups excluding carboxylic acids is 1. The lowest BCUT2D eigenvalue weighted by atomic mass is 10.2. The third kappa shape index (κ3) is 3.28. The summed E-state index contributed by atoms with van der Waals surface area (Å²) < 4.78 is 2.03. The topological polar surface area (TPSA) is 84.7 Å². The average molecular weight is 340 g/mol. The molecule has 3 aromatic rings. The molecule has 4 rings (SSSR count). The van der Waals surface area contributed by atoms with Gasteiger partial charge in [-0.25, -0.2) is 9.78 Å². The Morgan fingerprint density at radius 2 is 2.12 bits per heavy atom. The lowest BCUT2D eigenvalue weighted by Gasteiger charge is -2.09. The van der Waals surface area contributed by atoms with Crippen LogP contribution in [0.5, 0.6) is 0 Å². The highest BCUT2D eigenvalue weighted by Crippen LogP contribution is 2.35. The van der Waals surface area contributed by atoms with Gasteiger partial charge < -0.3 is 15.2 Å². The Morgan fingerprint density at radius 1 is 1.29 bits per heavy atom. The van der Waals surface area contributed by atoms with Crippen molar-refractivity contribution in [1.82, 2.24) is 25.1 Å². The number of hydrogen-bond donors (Lipinski definition) is 2. The van der Waals surface area contributed by atoms with Gasteiger partial charge in [0, 0.05) is 28.9 Å². The number of anilines is 1. The van der Waals surface area contributed by atoms with Crippen LogP contribution < -0.4 is 10.6 Å². The van der Waals surface area contributed by atoms with Gasteiger partial charge in [-0.15, -0.1) is 21.5 Å². The maximum Gasteiger partial charge on any atom is 0.319 e. The summed E-state index contributed by atoms with van der Waals surface area (Å²) in [5.41, 5.74) is 1.77. The van der Waals surface area contributed by atoms with Crippen molar-refractivity contribution in [2.75, 3.05) is 5.32 Å². The Labute approximate surface area is 142 Å². The van der Waals surface area contributed by atoms with Crippen molar-refractivity contribution < 1.29 is 4.79 Å². The van der Waals surface area contributed by atoms with Crippen LogP contribution in [0.15, 0.2) is 42.2 Å². The molecule has 8 heteroatoms. The van der Waals surface area contributed by atoms with Crippen LogP contribution in [0.2, 0.25) is 0 Å². The molecule has 0 spiro atoms. The molecule has 1 saturated carbocycles. The summed E-state index contributed by atoms with van der Waals surface area (Å²) in [6, 6.07) is 7.85. The second-order valence-electron chi connectivity index (χ2n) is 5.61. The molecule has 0 atom stereocenters. The smallest absolute Gasteiger partial charge is 0.319 e. The third-order valence-electron chi connectivity index (χ3n) is 3.82. The summed E-state index contributed by atoms with van der Waals surface area (Å²) in [6.07, 6.45) is 5.81. The number of thiazole rings is 1. The Kier molecular flexibility index (Phi) is 3.96. The van der Waals surface area contributed by atoms with Crippen LogP contribution in [-0.2, 0) is 6.54 Å². The first-order valence-corrected chi connectivity index (χ1v) is 8.61. The molecule has 1 aliphatic carbocycles. The second kappa shape index (κ2) is 6.40. The fraction of sp³-hybridized carbons (Fsp3) is 0.250. The van der Waals surface area contributed by atoms with Crippen LogP contribution in [0.4, 0.5) is 10.5 Å². The van der Waals surface area contributed by atoms with Gasteiger partial charge in [-0.3, -0.25) is 0 Å². The Hall–Kier alpha value is -2.74. The highest BCUT2D eigenvalue weighted by atomic mass is 32.1. The number of nitrogens with one attached hydrogen (secondary N) is 2. The van der Waals surface area contributed by atoms with Crippen LogP contribution in [0, 0.1) is 0 Å². The van der Waals surface area contributed by atoms with Crippen LogP contribution in [0.25, 0.3) is 10.6 Å². The standard InChI is InChI=1S/C16H16N6OS/c23-16(18-9-14-21-19-10-22(14)13-5-6-13)20-12-3-1-11(2-4-12)15-17-7-8-24-15/h1-4,7-8,10,13H,5-6,9H2,(H2,18,20,23). The molecule has 0 unspecified atom stereocenters. The van der Waals surface area contributed by atoms with Gasteiger partial charge in [0.05, 0.1) is 6.54 Å². The predicted molar refractivity (Wildman–Crippen MR) is 91.7 cm³/mol. The van der Waals surface area contributed by atoms with Gasteiger partial charge in [0.15, 0.2) is 5.82 Å². The van der Waals surface area contributed by atoms with Gasteiger partial charge in [-0.05, 0) is 37.1 Å². The molecule has 2 amide bonds. The quantitative estimate of drug-likeness (QED) is 0.747. The summed E-state index contributed by atoms with van der Waals surface area (Å²) in [5, 5.41) is 16.5. The number of aromatic nitrogens is 4. The van der Waals surface area contributed by atoms with E-state index in [0.717, 1.165) is 34.9 Å². The van der Waals surface area contributed by atoms with E-state index in [2.05, 4.69) is 25.8 Å². The van der Waals surface area contributed by atoms with E-state index < -0.39 is 0 Å². The van der Waals surface area contributed by atoms with Crippen molar-refractivity contribution in [2.24, 2.45) is 0 Å². The van der Waals surface area contributed by atoms with Gasteiger partial charge in [0.1, 0.15) is 11.3 Å². The first-order chi connectivity index (χ1) is 11.8. The van der Waals surface area contributed by atoms with Crippen LogP contribution in [-0.4, -0.2) is 25.8 Å². The largest absolute Gasteiger partial charge is 0.331 e. The van der Waals surface area contributed by atoms with Crippen LogP contribution in [0.1, 0.15) is 24.7 Å². The number of hydrogen-bond acceptors (Lipinski definition) is 5. The maximum absolute atomic E-state index is 12.0. The molecule has 24 heavy (non-hydrogen) atoms. The Balaban J connectivity index is 1.33. The highest BCUT2D eigenvalue weighted by Gasteiger charge is 2.25. The van der Waals surface area contributed by atoms with E-state index in [1.54, 1.807) is 23.9 Å². The SMILES string of the molecule is O=C(NCc1nncn1C1CC1)Nc1ccc(-c2nccs2)cc1. The van der Waals surface area contributed by atoms with Gasteiger partial charge >= 0.3 is 6.03 Å². The number of carbonyl (C=O) groups is 1. The molecule has 2 heterocycles. The molecule has 1 aromatic carbocycles. The van der Waals surface area contributed by atoms with Crippen molar-refractivity contribution >= 4 is 23.1 Å². The first kappa shape index (κ1) is 14.8. The summed E-state index contributed by atoms with van der Waals surface area (Å²) in [5.74, 6) is 0.784. The van der Waals surface area contributed by atoms with E-state index >= 15 is 0 Å².